The molecule has 1 saturated carbocycles. The summed E-state index contributed by atoms with van der Waals surface area (Å²) in [5.74, 6) is 0. The zero-order chi connectivity index (χ0) is 21.3. The summed E-state index contributed by atoms with van der Waals surface area (Å²) >= 11 is 0. The summed E-state index contributed by atoms with van der Waals surface area (Å²) in [5, 5.41) is 0. The molecule has 0 spiro atoms. The van der Waals surface area contributed by atoms with E-state index in [0.29, 0.717) is 5.54 Å². The van der Waals surface area contributed by atoms with Crippen molar-refractivity contribution in [2.75, 3.05) is 19.6 Å². The van der Waals surface area contributed by atoms with E-state index in [0.717, 1.165) is 0 Å². The molecule has 1 nitrogen and oxygen atoms in total. The van der Waals surface area contributed by atoms with Crippen LogP contribution in [-0.2, 0) is 0 Å². The van der Waals surface area contributed by atoms with Gasteiger partial charge in [0.05, 0.1) is 25.2 Å². The summed E-state index contributed by atoms with van der Waals surface area (Å²) in [6.07, 6.45) is 29.2. The molecular formula is C28H58N+. The van der Waals surface area contributed by atoms with E-state index in [1.165, 1.54) is 153 Å². The first-order chi connectivity index (χ1) is 14.2. The number of hydrogen-bond acceptors (Lipinski definition) is 0. The molecule has 29 heavy (non-hydrogen) atoms. The van der Waals surface area contributed by atoms with Crippen LogP contribution in [0.25, 0.3) is 0 Å². The number of nitrogens with zero attached hydrogens (tertiary/aromatic N) is 1. The lowest BCUT2D eigenvalue weighted by atomic mass is 9.74. The first-order valence-corrected chi connectivity index (χ1v) is 14.1. The van der Waals surface area contributed by atoms with Gasteiger partial charge in [0.1, 0.15) is 0 Å². The number of unbranched alkanes of at least 4 members (excludes halogenated alkanes) is 10. The maximum Gasteiger partial charge on any atom is 0.0992 e. The fourth-order valence-electron chi connectivity index (χ4n) is 6.48. The normalized spacial score (nSPS) is 17.0. The molecule has 1 rings (SSSR count). The average molecular weight is 409 g/mol. The van der Waals surface area contributed by atoms with E-state index in [9.17, 15) is 0 Å². The summed E-state index contributed by atoms with van der Waals surface area (Å²) < 4.78 is 1.48. The van der Waals surface area contributed by atoms with Crippen LogP contribution in [0.2, 0.25) is 0 Å². The highest BCUT2D eigenvalue weighted by Gasteiger charge is 2.49. The molecule has 1 heteroatoms. The molecule has 1 aliphatic carbocycles. The van der Waals surface area contributed by atoms with Crippen molar-refractivity contribution >= 4 is 0 Å². The van der Waals surface area contributed by atoms with Gasteiger partial charge in [-0.15, -0.1) is 0 Å². The molecule has 0 aromatic heterocycles. The SMILES string of the molecule is CCCCCCCCCCCC[N+](CCC)(CCC)C1(CCCC)CCCCC1. The van der Waals surface area contributed by atoms with Crippen molar-refractivity contribution in [2.45, 2.75) is 162 Å². The molecule has 0 N–H and O–H groups in total. The molecule has 1 fully saturated rings. The molecule has 174 valence electrons. The van der Waals surface area contributed by atoms with Gasteiger partial charge in [-0.25, -0.2) is 0 Å². The van der Waals surface area contributed by atoms with Gasteiger partial charge in [-0.1, -0.05) is 91.9 Å². The van der Waals surface area contributed by atoms with Gasteiger partial charge >= 0.3 is 0 Å². The Hall–Kier alpha value is -0.0400. The molecule has 0 saturated heterocycles. The second-order valence-electron chi connectivity index (χ2n) is 10.4. The molecule has 0 radical (unpaired) electrons. The lowest BCUT2D eigenvalue weighted by Gasteiger charge is -2.56. The molecule has 0 heterocycles. The van der Waals surface area contributed by atoms with Crippen LogP contribution in [0.3, 0.4) is 0 Å². The van der Waals surface area contributed by atoms with Crippen molar-refractivity contribution < 1.29 is 4.48 Å². The van der Waals surface area contributed by atoms with Crippen LogP contribution in [0.1, 0.15) is 156 Å². The highest BCUT2D eigenvalue weighted by Crippen LogP contribution is 2.43. The molecule has 0 aliphatic heterocycles. The Morgan fingerprint density at radius 1 is 0.483 bits per heavy atom. The third-order valence-electron chi connectivity index (χ3n) is 8.03. The van der Waals surface area contributed by atoms with Gasteiger partial charge < -0.3 is 4.48 Å². The van der Waals surface area contributed by atoms with Gasteiger partial charge in [-0.2, -0.15) is 0 Å². The minimum absolute atomic E-state index is 0.625. The average Bonchev–Trinajstić information content (AvgIpc) is 2.74. The van der Waals surface area contributed by atoms with E-state index >= 15 is 0 Å². The highest BCUT2D eigenvalue weighted by atomic mass is 15.4. The Balaban J connectivity index is 2.57. The third kappa shape index (κ3) is 9.32. The van der Waals surface area contributed by atoms with Gasteiger partial charge in [0.25, 0.3) is 0 Å². The van der Waals surface area contributed by atoms with Crippen LogP contribution in [0.15, 0.2) is 0 Å². The van der Waals surface area contributed by atoms with Crippen LogP contribution in [0.4, 0.5) is 0 Å². The summed E-state index contributed by atoms with van der Waals surface area (Å²) in [4.78, 5) is 0. The van der Waals surface area contributed by atoms with E-state index in [1.54, 1.807) is 0 Å². The lowest BCUT2D eigenvalue weighted by Crippen LogP contribution is -2.66. The van der Waals surface area contributed by atoms with Crippen LogP contribution in [-0.4, -0.2) is 29.7 Å². The summed E-state index contributed by atoms with van der Waals surface area (Å²) in [6, 6.07) is 0. The number of rotatable bonds is 19. The molecule has 0 unspecified atom stereocenters. The van der Waals surface area contributed by atoms with Gasteiger partial charge in [0.2, 0.25) is 0 Å². The monoisotopic (exact) mass is 408 g/mol. The Kier molecular flexibility index (Phi) is 15.5. The second kappa shape index (κ2) is 16.6. The van der Waals surface area contributed by atoms with Crippen molar-refractivity contribution in [3.8, 4) is 0 Å². The van der Waals surface area contributed by atoms with Crippen molar-refractivity contribution in [2.24, 2.45) is 0 Å². The number of hydrogen-bond donors (Lipinski definition) is 0. The smallest absolute Gasteiger partial charge is 0.0992 e. The zero-order valence-corrected chi connectivity index (χ0v) is 21.2. The maximum atomic E-state index is 2.44. The second-order valence-corrected chi connectivity index (χ2v) is 10.4. The van der Waals surface area contributed by atoms with Crippen LogP contribution < -0.4 is 0 Å². The summed E-state index contributed by atoms with van der Waals surface area (Å²) in [7, 11) is 0. The quantitative estimate of drug-likeness (QED) is 0.147. The first-order valence-electron chi connectivity index (χ1n) is 14.1. The molecule has 0 aromatic carbocycles. The molecule has 1 aliphatic rings. The molecule has 0 aromatic rings. The molecule has 0 bridgehead atoms. The summed E-state index contributed by atoms with van der Waals surface area (Å²) in [6.45, 7) is 13.9. The zero-order valence-electron chi connectivity index (χ0n) is 21.2. The molecule has 0 amide bonds. The van der Waals surface area contributed by atoms with Crippen LogP contribution >= 0.6 is 0 Å². The van der Waals surface area contributed by atoms with Gasteiger partial charge in [-0.05, 0) is 44.9 Å². The minimum Gasteiger partial charge on any atom is -0.319 e. The van der Waals surface area contributed by atoms with Crippen LogP contribution in [0.5, 0.6) is 0 Å². The summed E-state index contributed by atoms with van der Waals surface area (Å²) in [5.41, 5.74) is 0.625. The Labute approximate surface area is 186 Å². The van der Waals surface area contributed by atoms with Gasteiger partial charge in [0.15, 0.2) is 0 Å². The predicted octanol–water partition coefficient (Wildman–Crippen LogP) is 9.44. The Morgan fingerprint density at radius 2 is 0.966 bits per heavy atom. The number of quaternary nitrogens is 1. The highest BCUT2D eigenvalue weighted by molar-refractivity contribution is 4.86. The lowest BCUT2D eigenvalue weighted by molar-refractivity contribution is -0.979. The van der Waals surface area contributed by atoms with E-state index in [2.05, 4.69) is 27.7 Å². The van der Waals surface area contributed by atoms with Crippen LogP contribution in [0, 0.1) is 0 Å². The van der Waals surface area contributed by atoms with Crippen molar-refractivity contribution in [1.82, 2.24) is 0 Å². The first kappa shape index (κ1) is 27.0. The predicted molar refractivity (Wildman–Crippen MR) is 133 cm³/mol. The fourth-order valence-corrected chi connectivity index (χ4v) is 6.48. The fraction of sp³-hybridized carbons (Fsp3) is 1.00. The van der Waals surface area contributed by atoms with Crippen molar-refractivity contribution in [3.63, 3.8) is 0 Å². The maximum absolute atomic E-state index is 2.44. The Bertz CT molecular complexity index is 349. The third-order valence-corrected chi connectivity index (χ3v) is 8.03. The van der Waals surface area contributed by atoms with E-state index in [-0.39, 0.29) is 0 Å². The van der Waals surface area contributed by atoms with Gasteiger partial charge in [0, 0.05) is 19.3 Å². The van der Waals surface area contributed by atoms with E-state index < -0.39 is 0 Å². The standard InChI is InChI=1S/C28H58N/c1-5-9-11-12-13-14-15-16-17-21-27-29(25-7-3,26-8-4)28(22-10-6-2)23-19-18-20-24-28/h5-27H2,1-4H3/q+1. The van der Waals surface area contributed by atoms with E-state index in [1.807, 2.05) is 0 Å². The largest absolute Gasteiger partial charge is 0.319 e. The minimum atomic E-state index is 0.625. The van der Waals surface area contributed by atoms with Crippen molar-refractivity contribution in [1.29, 1.82) is 0 Å². The van der Waals surface area contributed by atoms with Crippen molar-refractivity contribution in [3.05, 3.63) is 0 Å². The Morgan fingerprint density at radius 3 is 1.45 bits per heavy atom. The van der Waals surface area contributed by atoms with Gasteiger partial charge in [-0.3, -0.25) is 0 Å². The molecular weight excluding hydrogens is 350 g/mol. The molecule has 0 atom stereocenters. The topological polar surface area (TPSA) is 0 Å². The van der Waals surface area contributed by atoms with E-state index in [4.69, 9.17) is 0 Å².